The molecule has 1 amide bonds. The molecule has 136 valence electrons. The van der Waals surface area contributed by atoms with E-state index in [0.717, 1.165) is 15.6 Å². The monoisotopic (exact) mass is 427 g/mol. The van der Waals surface area contributed by atoms with Crippen LogP contribution in [0.15, 0.2) is 68.6 Å². The standard InChI is InChI=1S/C19H14BrN3O4/c1-12-9-15(23(25)26)5-7-17(12)18-8-6-16(27-18)11-21-22-19(24)13-3-2-4-14(20)10-13/h2-11H,1H3,(H,22,24)/b21-11+. The highest BCUT2D eigenvalue weighted by molar-refractivity contribution is 9.10. The van der Waals surface area contributed by atoms with E-state index in [4.69, 9.17) is 4.42 Å². The Kier molecular flexibility index (Phi) is 5.46. The molecule has 0 aliphatic carbocycles. The molecule has 1 aromatic heterocycles. The fourth-order valence-corrected chi connectivity index (χ4v) is 2.85. The molecule has 0 saturated heterocycles. The number of hydrazone groups is 1. The van der Waals surface area contributed by atoms with Crippen LogP contribution in [0.3, 0.4) is 0 Å². The molecule has 27 heavy (non-hydrogen) atoms. The Labute approximate surface area is 163 Å². The summed E-state index contributed by atoms with van der Waals surface area (Å²) in [5.41, 5.74) is 4.41. The van der Waals surface area contributed by atoms with Crippen LogP contribution in [0.5, 0.6) is 0 Å². The van der Waals surface area contributed by atoms with Gasteiger partial charge in [0.25, 0.3) is 11.6 Å². The van der Waals surface area contributed by atoms with Crippen LogP contribution in [0, 0.1) is 17.0 Å². The lowest BCUT2D eigenvalue weighted by Crippen LogP contribution is -2.17. The van der Waals surface area contributed by atoms with Gasteiger partial charge in [0.1, 0.15) is 11.5 Å². The van der Waals surface area contributed by atoms with Crippen molar-refractivity contribution in [2.45, 2.75) is 6.92 Å². The lowest BCUT2D eigenvalue weighted by atomic mass is 10.1. The third-order valence-corrected chi connectivity index (χ3v) is 4.25. The lowest BCUT2D eigenvalue weighted by Gasteiger charge is -2.02. The van der Waals surface area contributed by atoms with Gasteiger partial charge in [0.05, 0.1) is 11.1 Å². The molecule has 3 aromatic rings. The second-order valence-corrected chi connectivity index (χ2v) is 6.58. The Bertz CT molecular complexity index is 1040. The van der Waals surface area contributed by atoms with Gasteiger partial charge < -0.3 is 4.42 Å². The van der Waals surface area contributed by atoms with Crippen LogP contribution in [0.1, 0.15) is 21.7 Å². The first-order chi connectivity index (χ1) is 12.9. The minimum Gasteiger partial charge on any atom is -0.455 e. The molecule has 0 aliphatic rings. The maximum atomic E-state index is 12.0. The zero-order chi connectivity index (χ0) is 19.4. The van der Waals surface area contributed by atoms with E-state index in [1.807, 2.05) is 6.07 Å². The summed E-state index contributed by atoms with van der Waals surface area (Å²) in [6, 6.07) is 14.9. The van der Waals surface area contributed by atoms with Crippen molar-refractivity contribution in [3.8, 4) is 11.3 Å². The summed E-state index contributed by atoms with van der Waals surface area (Å²) < 4.78 is 6.48. The molecular weight excluding hydrogens is 414 g/mol. The normalized spacial score (nSPS) is 10.9. The third-order valence-electron chi connectivity index (χ3n) is 3.76. The Hall–Kier alpha value is -3.26. The minimum atomic E-state index is -0.440. The number of nitro groups is 1. The van der Waals surface area contributed by atoms with Gasteiger partial charge in [-0.1, -0.05) is 22.0 Å². The van der Waals surface area contributed by atoms with Gasteiger partial charge in [0.15, 0.2) is 0 Å². The van der Waals surface area contributed by atoms with E-state index in [2.05, 4.69) is 26.5 Å². The topological polar surface area (TPSA) is 97.7 Å². The molecule has 0 bridgehead atoms. The van der Waals surface area contributed by atoms with Crippen LogP contribution in [-0.2, 0) is 0 Å². The Balaban J connectivity index is 1.70. The van der Waals surface area contributed by atoms with Crippen molar-refractivity contribution in [1.82, 2.24) is 5.43 Å². The summed E-state index contributed by atoms with van der Waals surface area (Å²) >= 11 is 3.31. The highest BCUT2D eigenvalue weighted by atomic mass is 79.9. The SMILES string of the molecule is Cc1cc([N+](=O)[O-])ccc1-c1ccc(/C=N/NC(=O)c2cccc(Br)c2)o1. The third kappa shape index (κ3) is 4.48. The Morgan fingerprint density at radius 1 is 1.22 bits per heavy atom. The first-order valence-corrected chi connectivity index (χ1v) is 8.67. The number of halogens is 1. The molecule has 0 atom stereocenters. The number of nitrogens with one attached hydrogen (secondary N) is 1. The molecule has 3 rings (SSSR count). The highest BCUT2D eigenvalue weighted by Gasteiger charge is 2.12. The van der Waals surface area contributed by atoms with E-state index in [1.165, 1.54) is 18.3 Å². The van der Waals surface area contributed by atoms with E-state index >= 15 is 0 Å². The molecule has 2 aromatic carbocycles. The molecule has 0 fully saturated rings. The van der Waals surface area contributed by atoms with Gasteiger partial charge in [-0.25, -0.2) is 5.43 Å². The summed E-state index contributed by atoms with van der Waals surface area (Å²) in [6.45, 7) is 1.77. The molecule has 8 heteroatoms. The summed E-state index contributed by atoms with van der Waals surface area (Å²) in [5.74, 6) is 0.657. The highest BCUT2D eigenvalue weighted by Crippen LogP contribution is 2.28. The number of nitro benzene ring substituents is 1. The van der Waals surface area contributed by atoms with Gasteiger partial charge in [-0.2, -0.15) is 5.10 Å². The van der Waals surface area contributed by atoms with Gasteiger partial charge >= 0.3 is 0 Å². The number of hydrogen-bond donors (Lipinski definition) is 1. The van der Waals surface area contributed by atoms with Crippen LogP contribution < -0.4 is 5.43 Å². The maximum absolute atomic E-state index is 12.0. The summed E-state index contributed by atoms with van der Waals surface area (Å²) in [7, 11) is 0. The van der Waals surface area contributed by atoms with Gasteiger partial charge in [0.2, 0.25) is 0 Å². The predicted molar refractivity (Wildman–Crippen MR) is 105 cm³/mol. The molecule has 0 radical (unpaired) electrons. The molecule has 1 heterocycles. The number of aryl methyl sites for hydroxylation is 1. The van der Waals surface area contributed by atoms with Crippen molar-refractivity contribution in [2.75, 3.05) is 0 Å². The van der Waals surface area contributed by atoms with Crippen molar-refractivity contribution in [1.29, 1.82) is 0 Å². The van der Waals surface area contributed by atoms with Crippen molar-refractivity contribution < 1.29 is 14.1 Å². The first kappa shape index (κ1) is 18.5. The van der Waals surface area contributed by atoms with Crippen molar-refractivity contribution >= 4 is 33.7 Å². The number of carbonyl (C=O) groups excluding carboxylic acids is 1. The fraction of sp³-hybridized carbons (Fsp3) is 0.0526. The zero-order valence-electron chi connectivity index (χ0n) is 14.2. The Morgan fingerprint density at radius 2 is 2.04 bits per heavy atom. The lowest BCUT2D eigenvalue weighted by molar-refractivity contribution is -0.384. The number of benzene rings is 2. The number of hydrogen-bond acceptors (Lipinski definition) is 5. The van der Waals surface area contributed by atoms with E-state index in [1.54, 1.807) is 43.3 Å². The number of rotatable bonds is 5. The number of non-ortho nitro benzene ring substituents is 1. The van der Waals surface area contributed by atoms with E-state index in [0.29, 0.717) is 17.1 Å². The molecular formula is C19H14BrN3O4. The van der Waals surface area contributed by atoms with Crippen molar-refractivity contribution in [3.05, 3.63) is 86.1 Å². The first-order valence-electron chi connectivity index (χ1n) is 7.88. The predicted octanol–water partition coefficient (Wildman–Crippen LogP) is 4.69. The zero-order valence-corrected chi connectivity index (χ0v) is 15.8. The number of amides is 1. The molecule has 0 spiro atoms. The van der Waals surface area contributed by atoms with E-state index in [-0.39, 0.29) is 11.6 Å². The van der Waals surface area contributed by atoms with E-state index in [9.17, 15) is 14.9 Å². The summed E-state index contributed by atoms with van der Waals surface area (Å²) in [4.78, 5) is 22.4. The fourth-order valence-electron chi connectivity index (χ4n) is 2.45. The van der Waals surface area contributed by atoms with Gasteiger partial charge in [-0.3, -0.25) is 14.9 Å². The van der Waals surface area contributed by atoms with Gasteiger partial charge in [-0.05, 0) is 48.9 Å². The van der Waals surface area contributed by atoms with Crippen LogP contribution >= 0.6 is 15.9 Å². The van der Waals surface area contributed by atoms with Crippen LogP contribution in [0.2, 0.25) is 0 Å². The number of nitrogens with zero attached hydrogens (tertiary/aromatic N) is 2. The van der Waals surface area contributed by atoms with E-state index < -0.39 is 4.92 Å². The average molecular weight is 428 g/mol. The molecule has 0 saturated carbocycles. The minimum absolute atomic E-state index is 0.0276. The second-order valence-electron chi connectivity index (χ2n) is 5.67. The quantitative estimate of drug-likeness (QED) is 0.362. The molecule has 0 aliphatic heterocycles. The van der Waals surface area contributed by atoms with Gasteiger partial charge in [0, 0.05) is 27.7 Å². The van der Waals surface area contributed by atoms with Crippen molar-refractivity contribution in [3.63, 3.8) is 0 Å². The molecule has 0 unspecified atom stereocenters. The second kappa shape index (κ2) is 7.96. The van der Waals surface area contributed by atoms with Crippen LogP contribution in [0.4, 0.5) is 5.69 Å². The largest absolute Gasteiger partial charge is 0.455 e. The molecule has 1 N–H and O–H groups in total. The Morgan fingerprint density at radius 3 is 2.74 bits per heavy atom. The number of furan rings is 1. The van der Waals surface area contributed by atoms with Crippen LogP contribution in [-0.4, -0.2) is 17.0 Å². The maximum Gasteiger partial charge on any atom is 0.271 e. The summed E-state index contributed by atoms with van der Waals surface area (Å²) in [6.07, 6.45) is 1.39. The van der Waals surface area contributed by atoms with Crippen molar-refractivity contribution in [2.24, 2.45) is 5.10 Å². The van der Waals surface area contributed by atoms with Crippen LogP contribution in [0.25, 0.3) is 11.3 Å². The van der Waals surface area contributed by atoms with Gasteiger partial charge in [-0.15, -0.1) is 0 Å². The average Bonchev–Trinajstić information content (AvgIpc) is 3.10. The number of carbonyl (C=O) groups is 1. The summed E-state index contributed by atoms with van der Waals surface area (Å²) in [5, 5.41) is 14.7. The smallest absolute Gasteiger partial charge is 0.271 e. The molecule has 7 nitrogen and oxygen atoms in total.